The zero-order valence-electron chi connectivity index (χ0n) is 15.6. The van der Waals surface area contributed by atoms with Crippen molar-refractivity contribution in [1.29, 1.82) is 0 Å². The van der Waals surface area contributed by atoms with Crippen molar-refractivity contribution in [3.05, 3.63) is 0 Å². The first-order chi connectivity index (χ1) is 9.81. The van der Waals surface area contributed by atoms with Crippen LogP contribution in [0, 0.1) is 0 Å². The Morgan fingerprint density at radius 1 is 0.619 bits per heavy atom. The van der Waals surface area contributed by atoms with Gasteiger partial charge in [0.1, 0.15) is 0 Å². The fourth-order valence-electron chi connectivity index (χ4n) is 2.83. The summed E-state index contributed by atoms with van der Waals surface area (Å²) in [4.78, 5) is 6.86. The molecule has 0 spiro atoms. The predicted molar refractivity (Wildman–Crippen MR) is 96.7 cm³/mol. The number of hydrogen-bond donors (Lipinski definition) is 0. The van der Waals surface area contributed by atoms with E-state index in [1.54, 1.807) is 0 Å². The van der Waals surface area contributed by atoms with E-state index in [2.05, 4.69) is 57.0 Å². The van der Waals surface area contributed by atoms with Crippen molar-refractivity contribution in [2.75, 3.05) is 69.0 Å². The Bertz CT molecular complexity index is 212. The standard InChI is InChI=1S/C16H39N3OSi/c1-17(2)11-8-14-21(20-7,15-9-12-18(3)4)16-10-13-19(5)6/h8-16H2,1-7H3. The summed E-state index contributed by atoms with van der Waals surface area (Å²) in [5.74, 6) is 0. The average Bonchev–Trinajstić information content (AvgIpc) is 2.36. The topological polar surface area (TPSA) is 19.0 Å². The Labute approximate surface area is 134 Å². The largest absolute Gasteiger partial charge is 0.420 e. The molecule has 128 valence electrons. The van der Waals surface area contributed by atoms with Crippen LogP contribution in [0.15, 0.2) is 0 Å². The van der Waals surface area contributed by atoms with E-state index in [9.17, 15) is 0 Å². The minimum atomic E-state index is -1.55. The van der Waals surface area contributed by atoms with Crippen LogP contribution in [0.3, 0.4) is 0 Å². The van der Waals surface area contributed by atoms with E-state index in [0.29, 0.717) is 0 Å². The lowest BCUT2D eigenvalue weighted by Crippen LogP contribution is -2.39. The highest BCUT2D eigenvalue weighted by molar-refractivity contribution is 6.73. The van der Waals surface area contributed by atoms with E-state index in [-0.39, 0.29) is 0 Å². The Kier molecular flexibility index (Phi) is 11.6. The second kappa shape index (κ2) is 11.6. The Morgan fingerprint density at radius 2 is 0.905 bits per heavy atom. The molecule has 5 heteroatoms. The lowest BCUT2D eigenvalue weighted by Gasteiger charge is -2.31. The second-order valence-corrected chi connectivity index (χ2v) is 11.4. The summed E-state index contributed by atoms with van der Waals surface area (Å²) in [7, 11) is 13.4. The van der Waals surface area contributed by atoms with Gasteiger partial charge >= 0.3 is 0 Å². The molecule has 0 heterocycles. The Morgan fingerprint density at radius 3 is 1.10 bits per heavy atom. The summed E-state index contributed by atoms with van der Waals surface area (Å²) >= 11 is 0. The molecule has 0 aliphatic rings. The molecule has 0 aromatic carbocycles. The molecule has 0 bridgehead atoms. The van der Waals surface area contributed by atoms with E-state index < -0.39 is 8.32 Å². The Hall–Kier alpha value is 0.0569. The minimum Gasteiger partial charge on any atom is -0.420 e. The van der Waals surface area contributed by atoms with Gasteiger partial charge < -0.3 is 19.1 Å². The quantitative estimate of drug-likeness (QED) is 0.486. The Balaban J connectivity index is 4.43. The molecule has 0 rings (SSSR count). The lowest BCUT2D eigenvalue weighted by atomic mass is 10.4. The van der Waals surface area contributed by atoms with Gasteiger partial charge in [-0.25, -0.2) is 0 Å². The van der Waals surface area contributed by atoms with Crippen molar-refractivity contribution < 1.29 is 4.43 Å². The minimum absolute atomic E-state index is 1.18. The van der Waals surface area contributed by atoms with Crippen molar-refractivity contribution in [2.24, 2.45) is 0 Å². The van der Waals surface area contributed by atoms with Gasteiger partial charge in [0.15, 0.2) is 8.32 Å². The molecule has 0 aliphatic carbocycles. The van der Waals surface area contributed by atoms with E-state index >= 15 is 0 Å². The fourth-order valence-corrected chi connectivity index (χ4v) is 6.60. The highest BCUT2D eigenvalue weighted by Gasteiger charge is 2.32. The molecule has 0 aromatic rings. The van der Waals surface area contributed by atoms with Gasteiger partial charge in [0.05, 0.1) is 0 Å². The summed E-state index contributed by atoms with van der Waals surface area (Å²) in [5.41, 5.74) is 0. The zero-order valence-corrected chi connectivity index (χ0v) is 16.6. The zero-order chi connectivity index (χ0) is 16.3. The van der Waals surface area contributed by atoms with Crippen LogP contribution in [-0.4, -0.2) is 92.0 Å². The van der Waals surface area contributed by atoms with Gasteiger partial charge in [0, 0.05) is 7.11 Å². The summed E-state index contributed by atoms with van der Waals surface area (Å²) in [6, 6.07) is 3.92. The first-order valence-corrected chi connectivity index (χ1v) is 10.8. The molecule has 0 atom stereocenters. The van der Waals surface area contributed by atoms with Crippen LogP contribution in [0.5, 0.6) is 0 Å². The van der Waals surface area contributed by atoms with E-state index in [1.165, 1.54) is 57.0 Å². The monoisotopic (exact) mass is 317 g/mol. The molecular weight excluding hydrogens is 278 g/mol. The van der Waals surface area contributed by atoms with Crippen molar-refractivity contribution in [3.8, 4) is 0 Å². The highest BCUT2D eigenvalue weighted by atomic mass is 28.4. The van der Waals surface area contributed by atoms with Crippen LogP contribution in [0.1, 0.15) is 19.3 Å². The second-order valence-electron chi connectivity index (χ2n) is 7.11. The maximum atomic E-state index is 6.17. The van der Waals surface area contributed by atoms with Crippen LogP contribution < -0.4 is 0 Å². The first kappa shape index (κ1) is 21.1. The van der Waals surface area contributed by atoms with E-state index in [1.807, 2.05) is 7.11 Å². The first-order valence-electron chi connectivity index (χ1n) is 8.30. The normalized spacial score (nSPS) is 12.9. The van der Waals surface area contributed by atoms with Crippen molar-refractivity contribution in [2.45, 2.75) is 37.4 Å². The van der Waals surface area contributed by atoms with Crippen LogP contribution in [0.4, 0.5) is 0 Å². The molecular formula is C16H39N3OSi. The van der Waals surface area contributed by atoms with Crippen LogP contribution >= 0.6 is 0 Å². The highest BCUT2D eigenvalue weighted by Crippen LogP contribution is 2.27. The van der Waals surface area contributed by atoms with Gasteiger partial charge in [0.25, 0.3) is 0 Å². The van der Waals surface area contributed by atoms with Gasteiger partial charge in [-0.3, -0.25) is 0 Å². The molecule has 0 aliphatic heterocycles. The third-order valence-electron chi connectivity index (χ3n) is 4.15. The van der Waals surface area contributed by atoms with Crippen LogP contribution in [-0.2, 0) is 4.43 Å². The molecule has 0 amide bonds. The molecule has 0 unspecified atom stereocenters. The summed E-state index contributed by atoms with van der Waals surface area (Å²) in [6.45, 7) is 3.54. The molecule has 0 fully saturated rings. The molecule has 4 nitrogen and oxygen atoms in total. The summed E-state index contributed by atoms with van der Waals surface area (Å²) < 4.78 is 6.17. The molecule has 21 heavy (non-hydrogen) atoms. The number of rotatable bonds is 13. The summed E-state index contributed by atoms with van der Waals surface area (Å²) in [6.07, 6.45) is 3.82. The van der Waals surface area contributed by atoms with Crippen molar-refractivity contribution in [1.82, 2.24) is 14.7 Å². The molecule has 0 saturated carbocycles. The molecule has 0 N–H and O–H groups in total. The lowest BCUT2D eigenvalue weighted by molar-refractivity contribution is 0.353. The number of hydrogen-bond acceptors (Lipinski definition) is 4. The molecule has 0 radical (unpaired) electrons. The van der Waals surface area contributed by atoms with Crippen LogP contribution in [0.2, 0.25) is 18.1 Å². The predicted octanol–water partition coefficient (Wildman–Crippen LogP) is 2.43. The van der Waals surface area contributed by atoms with Crippen molar-refractivity contribution in [3.63, 3.8) is 0 Å². The fraction of sp³-hybridized carbons (Fsp3) is 1.00. The maximum absolute atomic E-state index is 6.17. The van der Waals surface area contributed by atoms with Gasteiger partial charge in [-0.15, -0.1) is 0 Å². The maximum Gasteiger partial charge on any atom is 0.192 e. The van der Waals surface area contributed by atoms with Crippen LogP contribution in [0.25, 0.3) is 0 Å². The van der Waals surface area contributed by atoms with Gasteiger partial charge in [-0.2, -0.15) is 0 Å². The van der Waals surface area contributed by atoms with Gasteiger partial charge in [-0.05, 0) is 99.3 Å². The SMILES string of the molecule is CO[Si](CCCN(C)C)(CCCN(C)C)CCCN(C)C. The van der Waals surface area contributed by atoms with Gasteiger partial charge in [0.2, 0.25) is 0 Å². The third kappa shape index (κ3) is 11.3. The molecule has 0 aromatic heterocycles. The third-order valence-corrected chi connectivity index (χ3v) is 8.81. The van der Waals surface area contributed by atoms with E-state index in [0.717, 1.165) is 0 Å². The molecule has 0 saturated heterocycles. The van der Waals surface area contributed by atoms with Crippen molar-refractivity contribution >= 4 is 8.32 Å². The van der Waals surface area contributed by atoms with E-state index in [4.69, 9.17) is 4.43 Å². The van der Waals surface area contributed by atoms with Gasteiger partial charge in [-0.1, -0.05) is 0 Å². The number of nitrogens with zero attached hydrogens (tertiary/aromatic N) is 3. The summed E-state index contributed by atoms with van der Waals surface area (Å²) in [5, 5.41) is 0. The smallest absolute Gasteiger partial charge is 0.192 e. The average molecular weight is 318 g/mol.